The van der Waals surface area contributed by atoms with E-state index in [4.69, 9.17) is 11.6 Å². The fraction of sp³-hybridized carbons (Fsp3) is 0.0667. The minimum atomic E-state index is -3.70. The average Bonchev–Trinajstić information content (AvgIpc) is 2.54. The molecule has 3 aromatic rings. The van der Waals surface area contributed by atoms with Crippen molar-refractivity contribution in [2.45, 2.75) is 4.90 Å². The molecule has 1 aromatic carbocycles. The standard InChI is InChI=1S/C15H12ClN3O2S/c1-19(15-7-4-12(16)10-18-15)22(20,21)13-5-6-14-11(9-13)3-2-8-17-14/h2-10H,1H3. The Morgan fingerprint density at radius 3 is 2.64 bits per heavy atom. The number of anilines is 1. The summed E-state index contributed by atoms with van der Waals surface area (Å²) in [4.78, 5) is 8.40. The van der Waals surface area contributed by atoms with Crippen molar-refractivity contribution in [3.63, 3.8) is 0 Å². The zero-order valence-corrected chi connectivity index (χ0v) is 13.2. The normalized spacial score (nSPS) is 11.5. The summed E-state index contributed by atoms with van der Waals surface area (Å²) in [5.74, 6) is 0.302. The first-order valence-electron chi connectivity index (χ1n) is 6.44. The number of rotatable bonds is 3. The topological polar surface area (TPSA) is 63.2 Å². The van der Waals surface area contributed by atoms with Gasteiger partial charge in [0.2, 0.25) is 0 Å². The van der Waals surface area contributed by atoms with Crippen LogP contribution in [0.4, 0.5) is 5.82 Å². The highest BCUT2D eigenvalue weighted by Crippen LogP contribution is 2.23. The highest BCUT2D eigenvalue weighted by atomic mass is 35.5. The van der Waals surface area contributed by atoms with Gasteiger partial charge in [-0.2, -0.15) is 0 Å². The zero-order valence-electron chi connectivity index (χ0n) is 11.6. The van der Waals surface area contributed by atoms with E-state index in [0.717, 1.165) is 15.2 Å². The molecule has 0 aliphatic rings. The highest BCUT2D eigenvalue weighted by Gasteiger charge is 2.22. The molecule has 0 atom stereocenters. The Morgan fingerprint density at radius 1 is 1.09 bits per heavy atom. The third-order valence-electron chi connectivity index (χ3n) is 3.27. The van der Waals surface area contributed by atoms with Crippen LogP contribution in [0.1, 0.15) is 0 Å². The molecule has 0 unspecified atom stereocenters. The molecule has 22 heavy (non-hydrogen) atoms. The van der Waals surface area contributed by atoms with Crippen molar-refractivity contribution in [3.05, 3.63) is 59.9 Å². The summed E-state index contributed by atoms with van der Waals surface area (Å²) in [6.07, 6.45) is 3.08. The molecule has 0 amide bonds. The van der Waals surface area contributed by atoms with Crippen molar-refractivity contribution in [3.8, 4) is 0 Å². The van der Waals surface area contributed by atoms with E-state index in [-0.39, 0.29) is 4.90 Å². The summed E-state index contributed by atoms with van der Waals surface area (Å²) in [5.41, 5.74) is 0.744. The molecule has 3 rings (SSSR count). The lowest BCUT2D eigenvalue weighted by Crippen LogP contribution is -2.27. The quantitative estimate of drug-likeness (QED) is 0.738. The van der Waals surface area contributed by atoms with Crippen LogP contribution in [-0.4, -0.2) is 25.4 Å². The first-order valence-corrected chi connectivity index (χ1v) is 8.25. The van der Waals surface area contributed by atoms with Gasteiger partial charge in [-0.3, -0.25) is 9.29 Å². The Balaban J connectivity index is 2.05. The molecule has 5 nitrogen and oxygen atoms in total. The number of sulfonamides is 1. The highest BCUT2D eigenvalue weighted by molar-refractivity contribution is 7.92. The maximum atomic E-state index is 12.7. The predicted octanol–water partition coefficient (Wildman–Crippen LogP) is 3.11. The van der Waals surface area contributed by atoms with E-state index in [0.29, 0.717) is 10.8 Å². The molecule has 0 N–H and O–H groups in total. The van der Waals surface area contributed by atoms with Gasteiger partial charge < -0.3 is 0 Å². The second-order valence-electron chi connectivity index (χ2n) is 4.67. The van der Waals surface area contributed by atoms with Crippen LogP contribution in [0, 0.1) is 0 Å². The Hall–Kier alpha value is -2.18. The number of fused-ring (bicyclic) bond motifs is 1. The molecule has 2 heterocycles. The van der Waals surface area contributed by atoms with E-state index in [1.165, 1.54) is 19.3 Å². The van der Waals surface area contributed by atoms with E-state index in [9.17, 15) is 8.42 Å². The smallest absolute Gasteiger partial charge is 0.256 e. The maximum Gasteiger partial charge on any atom is 0.265 e. The maximum absolute atomic E-state index is 12.7. The first kappa shape index (κ1) is 14.7. The van der Waals surface area contributed by atoms with Crippen LogP contribution in [-0.2, 0) is 10.0 Å². The van der Waals surface area contributed by atoms with E-state index < -0.39 is 10.0 Å². The molecule has 0 saturated heterocycles. The summed E-state index contributed by atoms with van der Waals surface area (Å²) >= 11 is 5.78. The van der Waals surface area contributed by atoms with Crippen molar-refractivity contribution in [1.29, 1.82) is 0 Å². The van der Waals surface area contributed by atoms with Gasteiger partial charge in [-0.05, 0) is 36.4 Å². The average molecular weight is 334 g/mol. The SMILES string of the molecule is CN(c1ccc(Cl)cn1)S(=O)(=O)c1ccc2ncccc2c1. The van der Waals surface area contributed by atoms with Gasteiger partial charge in [0, 0.05) is 24.8 Å². The number of hydrogen-bond acceptors (Lipinski definition) is 4. The molecular weight excluding hydrogens is 322 g/mol. The Bertz CT molecular complexity index is 927. The molecular formula is C15H12ClN3O2S. The van der Waals surface area contributed by atoms with Gasteiger partial charge in [0.15, 0.2) is 0 Å². The summed E-state index contributed by atoms with van der Waals surface area (Å²) in [7, 11) is -2.24. The lowest BCUT2D eigenvalue weighted by atomic mass is 10.2. The molecule has 0 bridgehead atoms. The number of hydrogen-bond donors (Lipinski definition) is 0. The third kappa shape index (κ3) is 2.63. The van der Waals surface area contributed by atoms with Gasteiger partial charge >= 0.3 is 0 Å². The molecule has 112 valence electrons. The minimum absolute atomic E-state index is 0.187. The summed E-state index contributed by atoms with van der Waals surface area (Å²) in [6.45, 7) is 0. The fourth-order valence-corrected chi connectivity index (χ4v) is 3.35. The van der Waals surface area contributed by atoms with Crippen molar-refractivity contribution in [2.24, 2.45) is 0 Å². The van der Waals surface area contributed by atoms with Crippen LogP contribution in [0.3, 0.4) is 0 Å². The number of pyridine rings is 2. The van der Waals surface area contributed by atoms with Crippen LogP contribution in [0.2, 0.25) is 5.02 Å². The van der Waals surface area contributed by atoms with Crippen molar-refractivity contribution >= 4 is 38.3 Å². The molecule has 0 aliphatic heterocycles. The van der Waals surface area contributed by atoms with Gasteiger partial charge in [0.05, 0.1) is 15.4 Å². The second-order valence-corrected chi connectivity index (χ2v) is 7.07. The van der Waals surface area contributed by atoms with E-state index in [1.54, 1.807) is 36.5 Å². The lowest BCUT2D eigenvalue weighted by Gasteiger charge is -2.18. The van der Waals surface area contributed by atoms with Gasteiger partial charge in [0.25, 0.3) is 10.0 Å². The zero-order chi connectivity index (χ0) is 15.7. The Kier molecular flexibility index (Phi) is 3.72. The van der Waals surface area contributed by atoms with Crippen LogP contribution in [0.5, 0.6) is 0 Å². The molecule has 0 fully saturated rings. The summed E-state index contributed by atoms with van der Waals surface area (Å²) in [5, 5.41) is 1.22. The van der Waals surface area contributed by atoms with Gasteiger partial charge in [-0.1, -0.05) is 17.7 Å². The Morgan fingerprint density at radius 2 is 1.91 bits per heavy atom. The largest absolute Gasteiger partial charge is 0.265 e. The molecule has 7 heteroatoms. The first-order chi connectivity index (χ1) is 10.5. The summed E-state index contributed by atoms with van der Waals surface area (Å²) in [6, 6.07) is 11.6. The van der Waals surface area contributed by atoms with Crippen molar-refractivity contribution in [1.82, 2.24) is 9.97 Å². The van der Waals surface area contributed by atoms with Gasteiger partial charge in [0.1, 0.15) is 5.82 Å². The second kappa shape index (κ2) is 5.55. The summed E-state index contributed by atoms with van der Waals surface area (Å²) < 4.78 is 26.5. The van der Waals surface area contributed by atoms with Gasteiger partial charge in [-0.15, -0.1) is 0 Å². The Labute approximate surface area is 133 Å². The molecule has 2 aromatic heterocycles. The van der Waals surface area contributed by atoms with Crippen LogP contribution in [0.25, 0.3) is 10.9 Å². The third-order valence-corrected chi connectivity index (χ3v) is 5.25. The van der Waals surface area contributed by atoms with Crippen LogP contribution >= 0.6 is 11.6 Å². The number of aromatic nitrogens is 2. The van der Waals surface area contributed by atoms with E-state index >= 15 is 0 Å². The number of benzene rings is 1. The fourth-order valence-electron chi connectivity index (χ4n) is 2.05. The number of nitrogens with zero attached hydrogens (tertiary/aromatic N) is 3. The monoisotopic (exact) mass is 333 g/mol. The predicted molar refractivity (Wildman–Crippen MR) is 86.6 cm³/mol. The molecule has 0 spiro atoms. The molecule has 0 aliphatic carbocycles. The molecule has 0 saturated carbocycles. The molecule has 0 radical (unpaired) electrons. The van der Waals surface area contributed by atoms with Gasteiger partial charge in [-0.25, -0.2) is 13.4 Å². The minimum Gasteiger partial charge on any atom is -0.256 e. The van der Waals surface area contributed by atoms with Crippen molar-refractivity contribution in [2.75, 3.05) is 11.4 Å². The van der Waals surface area contributed by atoms with E-state index in [2.05, 4.69) is 9.97 Å². The van der Waals surface area contributed by atoms with Crippen molar-refractivity contribution < 1.29 is 8.42 Å². The van der Waals surface area contributed by atoms with E-state index in [1.807, 2.05) is 6.07 Å². The number of halogens is 1. The van der Waals surface area contributed by atoms with Crippen LogP contribution in [0.15, 0.2) is 59.8 Å². The lowest BCUT2D eigenvalue weighted by molar-refractivity contribution is 0.594. The van der Waals surface area contributed by atoms with Crippen LogP contribution < -0.4 is 4.31 Å².